The van der Waals surface area contributed by atoms with Gasteiger partial charge in [-0.2, -0.15) is 0 Å². The Balaban J connectivity index is 1.80. The van der Waals surface area contributed by atoms with E-state index in [1.807, 2.05) is 78.9 Å². The smallest absolute Gasteiger partial charge is 0.248 e. The number of methoxy groups -OCH3 is 3. The average Bonchev–Trinajstić information content (AvgIpc) is 2.82. The summed E-state index contributed by atoms with van der Waals surface area (Å²) in [5, 5.41) is 2.93. The zero-order valence-corrected chi connectivity index (χ0v) is 17.8. The zero-order chi connectivity index (χ0) is 22.1. The van der Waals surface area contributed by atoms with Crippen LogP contribution in [-0.4, -0.2) is 27.2 Å². The van der Waals surface area contributed by atoms with E-state index in [0.717, 1.165) is 16.7 Å². The van der Waals surface area contributed by atoms with Crippen molar-refractivity contribution >= 4 is 29.8 Å². The SMILES string of the molecule is COc1cc(C=Cc2ccccc2NC(=O)C=Cc2ccccc2)cc(OC)c1OC. The fourth-order valence-corrected chi connectivity index (χ4v) is 3.05. The Morgan fingerprint density at radius 2 is 1.39 bits per heavy atom. The largest absolute Gasteiger partial charge is 0.493 e. The topological polar surface area (TPSA) is 56.8 Å². The van der Waals surface area contributed by atoms with Crippen molar-refractivity contribution in [1.29, 1.82) is 0 Å². The van der Waals surface area contributed by atoms with E-state index in [1.54, 1.807) is 27.4 Å². The summed E-state index contributed by atoms with van der Waals surface area (Å²) in [5.74, 6) is 1.50. The predicted molar refractivity (Wildman–Crippen MR) is 126 cm³/mol. The molecule has 0 aliphatic carbocycles. The number of anilines is 1. The molecule has 0 atom stereocenters. The first kappa shape index (κ1) is 21.7. The normalized spacial score (nSPS) is 10.9. The number of hydrogen-bond acceptors (Lipinski definition) is 4. The van der Waals surface area contributed by atoms with E-state index in [9.17, 15) is 4.79 Å². The number of amides is 1. The van der Waals surface area contributed by atoms with Gasteiger partial charge in [-0.1, -0.05) is 60.7 Å². The second-order valence-electron chi connectivity index (χ2n) is 6.61. The zero-order valence-electron chi connectivity index (χ0n) is 17.8. The number of nitrogens with one attached hydrogen (secondary N) is 1. The van der Waals surface area contributed by atoms with Gasteiger partial charge in [0.25, 0.3) is 0 Å². The molecule has 0 saturated heterocycles. The van der Waals surface area contributed by atoms with Crippen LogP contribution >= 0.6 is 0 Å². The molecule has 0 spiro atoms. The van der Waals surface area contributed by atoms with Gasteiger partial charge in [0.1, 0.15) is 0 Å². The molecule has 0 bridgehead atoms. The Morgan fingerprint density at radius 3 is 2.03 bits per heavy atom. The van der Waals surface area contributed by atoms with Gasteiger partial charge in [0.15, 0.2) is 11.5 Å². The average molecular weight is 415 g/mol. The van der Waals surface area contributed by atoms with Crippen LogP contribution in [-0.2, 0) is 4.79 Å². The van der Waals surface area contributed by atoms with Crippen LogP contribution in [0.3, 0.4) is 0 Å². The molecule has 0 saturated carbocycles. The molecule has 0 aliphatic rings. The lowest BCUT2D eigenvalue weighted by Gasteiger charge is -2.13. The summed E-state index contributed by atoms with van der Waals surface area (Å²) < 4.78 is 16.2. The van der Waals surface area contributed by atoms with E-state index in [1.165, 1.54) is 6.08 Å². The molecule has 158 valence electrons. The van der Waals surface area contributed by atoms with Crippen LogP contribution < -0.4 is 19.5 Å². The van der Waals surface area contributed by atoms with E-state index in [2.05, 4.69) is 5.32 Å². The Morgan fingerprint density at radius 1 is 0.742 bits per heavy atom. The number of ether oxygens (including phenoxy) is 3. The molecule has 1 amide bonds. The summed E-state index contributed by atoms with van der Waals surface area (Å²) in [6.45, 7) is 0. The van der Waals surface area contributed by atoms with Crippen molar-refractivity contribution < 1.29 is 19.0 Å². The van der Waals surface area contributed by atoms with Crippen LogP contribution in [0.5, 0.6) is 17.2 Å². The van der Waals surface area contributed by atoms with Gasteiger partial charge in [-0.25, -0.2) is 0 Å². The summed E-state index contributed by atoms with van der Waals surface area (Å²) in [4.78, 5) is 12.4. The molecule has 0 heterocycles. The fraction of sp³-hybridized carbons (Fsp3) is 0.115. The molecule has 0 radical (unpaired) electrons. The van der Waals surface area contributed by atoms with Gasteiger partial charge in [-0.05, 0) is 41.0 Å². The summed E-state index contributed by atoms with van der Waals surface area (Å²) >= 11 is 0. The van der Waals surface area contributed by atoms with Gasteiger partial charge in [-0.15, -0.1) is 0 Å². The van der Waals surface area contributed by atoms with Gasteiger partial charge in [-0.3, -0.25) is 4.79 Å². The molecule has 0 fully saturated rings. The lowest BCUT2D eigenvalue weighted by molar-refractivity contribution is -0.111. The molecule has 0 aromatic heterocycles. The lowest BCUT2D eigenvalue weighted by Crippen LogP contribution is -2.08. The van der Waals surface area contributed by atoms with Gasteiger partial charge < -0.3 is 19.5 Å². The number of carbonyl (C=O) groups excluding carboxylic acids is 1. The van der Waals surface area contributed by atoms with Gasteiger partial charge in [0.2, 0.25) is 11.7 Å². The van der Waals surface area contributed by atoms with Crippen molar-refractivity contribution in [3.8, 4) is 17.2 Å². The number of benzene rings is 3. The highest BCUT2D eigenvalue weighted by atomic mass is 16.5. The monoisotopic (exact) mass is 415 g/mol. The third-order valence-electron chi connectivity index (χ3n) is 4.59. The maximum absolute atomic E-state index is 12.4. The quantitative estimate of drug-likeness (QED) is 0.388. The molecule has 5 nitrogen and oxygen atoms in total. The van der Waals surface area contributed by atoms with Crippen LogP contribution in [0.1, 0.15) is 16.7 Å². The van der Waals surface area contributed by atoms with Crippen molar-refractivity contribution in [3.63, 3.8) is 0 Å². The Bertz CT molecular complexity index is 1060. The molecule has 31 heavy (non-hydrogen) atoms. The van der Waals surface area contributed by atoms with Crippen LogP contribution in [0.25, 0.3) is 18.2 Å². The van der Waals surface area contributed by atoms with Crippen LogP contribution in [0, 0.1) is 0 Å². The van der Waals surface area contributed by atoms with Gasteiger partial charge in [0.05, 0.1) is 21.3 Å². The standard InChI is InChI=1S/C26H25NO4/c1-29-23-17-20(18-24(30-2)26(23)31-3)13-15-21-11-7-8-12-22(21)27-25(28)16-14-19-9-5-4-6-10-19/h4-18H,1-3H3,(H,27,28). The van der Waals surface area contributed by atoms with E-state index >= 15 is 0 Å². The highest BCUT2D eigenvalue weighted by Gasteiger charge is 2.12. The van der Waals surface area contributed by atoms with Crippen molar-refractivity contribution in [2.45, 2.75) is 0 Å². The molecule has 0 unspecified atom stereocenters. The van der Waals surface area contributed by atoms with E-state index in [0.29, 0.717) is 22.9 Å². The van der Waals surface area contributed by atoms with Gasteiger partial charge >= 0.3 is 0 Å². The second-order valence-corrected chi connectivity index (χ2v) is 6.61. The lowest BCUT2D eigenvalue weighted by atomic mass is 10.1. The van der Waals surface area contributed by atoms with E-state index in [4.69, 9.17) is 14.2 Å². The minimum Gasteiger partial charge on any atom is -0.493 e. The number of hydrogen-bond donors (Lipinski definition) is 1. The first-order chi connectivity index (χ1) is 15.1. The molecule has 5 heteroatoms. The molecule has 3 rings (SSSR count). The fourth-order valence-electron chi connectivity index (χ4n) is 3.05. The first-order valence-corrected chi connectivity index (χ1v) is 9.76. The van der Waals surface area contributed by atoms with Crippen LogP contribution in [0.2, 0.25) is 0 Å². The summed E-state index contributed by atoms with van der Waals surface area (Å²) in [6.07, 6.45) is 7.16. The Hall–Kier alpha value is -3.99. The highest BCUT2D eigenvalue weighted by Crippen LogP contribution is 2.38. The highest BCUT2D eigenvalue weighted by molar-refractivity contribution is 6.03. The van der Waals surface area contributed by atoms with E-state index < -0.39 is 0 Å². The maximum Gasteiger partial charge on any atom is 0.248 e. The second kappa shape index (κ2) is 10.7. The minimum absolute atomic E-state index is 0.197. The van der Waals surface area contributed by atoms with Crippen LogP contribution in [0.15, 0.2) is 72.8 Å². The molecule has 3 aromatic rings. The molecular formula is C26H25NO4. The summed E-state index contributed by atoms with van der Waals surface area (Å²) in [5.41, 5.74) is 3.43. The molecule has 1 N–H and O–H groups in total. The van der Waals surface area contributed by atoms with Crippen molar-refractivity contribution in [2.24, 2.45) is 0 Å². The van der Waals surface area contributed by atoms with Crippen LogP contribution in [0.4, 0.5) is 5.69 Å². The number of rotatable bonds is 8. The molecule has 3 aromatic carbocycles. The Kier molecular flexibility index (Phi) is 7.49. The number of carbonyl (C=O) groups is 1. The molecular weight excluding hydrogens is 390 g/mol. The minimum atomic E-state index is -0.197. The molecule has 0 aliphatic heterocycles. The third-order valence-corrected chi connectivity index (χ3v) is 4.59. The van der Waals surface area contributed by atoms with Crippen molar-refractivity contribution in [1.82, 2.24) is 0 Å². The van der Waals surface area contributed by atoms with Crippen molar-refractivity contribution in [2.75, 3.05) is 26.6 Å². The number of para-hydroxylation sites is 1. The summed E-state index contributed by atoms with van der Waals surface area (Å²) in [7, 11) is 4.73. The van der Waals surface area contributed by atoms with Crippen molar-refractivity contribution in [3.05, 3.63) is 89.5 Å². The third kappa shape index (κ3) is 5.76. The maximum atomic E-state index is 12.4. The summed E-state index contributed by atoms with van der Waals surface area (Å²) in [6, 6.07) is 21.0. The predicted octanol–water partition coefficient (Wildman–Crippen LogP) is 5.53. The van der Waals surface area contributed by atoms with E-state index in [-0.39, 0.29) is 5.91 Å². The van der Waals surface area contributed by atoms with Gasteiger partial charge in [0, 0.05) is 11.8 Å². The first-order valence-electron chi connectivity index (χ1n) is 9.76. The Labute approximate surface area is 182 Å².